The number of carbonyl (C=O) groups is 3. The summed E-state index contributed by atoms with van der Waals surface area (Å²) >= 11 is 1.44. The monoisotopic (exact) mass is 425 g/mol. The molecule has 0 unspecified atom stereocenters. The second kappa shape index (κ2) is 9.43. The first-order valence-corrected chi connectivity index (χ1v) is 11.5. The van der Waals surface area contributed by atoms with Crippen molar-refractivity contribution < 1.29 is 14.4 Å². The summed E-state index contributed by atoms with van der Waals surface area (Å²) < 4.78 is 0. The summed E-state index contributed by atoms with van der Waals surface area (Å²) in [6.07, 6.45) is 3.21. The van der Waals surface area contributed by atoms with Gasteiger partial charge in [-0.05, 0) is 49.3 Å². The van der Waals surface area contributed by atoms with Crippen molar-refractivity contribution in [1.29, 1.82) is 0 Å². The number of carbonyl (C=O) groups excluding carboxylic acids is 3. The van der Waals surface area contributed by atoms with E-state index in [9.17, 15) is 14.4 Å². The minimum Gasteiger partial charge on any atom is -0.349 e. The molecule has 3 heterocycles. The van der Waals surface area contributed by atoms with E-state index in [4.69, 9.17) is 0 Å². The predicted octanol–water partition coefficient (Wildman–Crippen LogP) is 3.02. The molecule has 0 spiro atoms. The molecule has 2 fully saturated rings. The van der Waals surface area contributed by atoms with Crippen LogP contribution in [-0.2, 0) is 4.79 Å². The lowest BCUT2D eigenvalue weighted by atomic mass is 9.94. The fourth-order valence-electron chi connectivity index (χ4n) is 4.28. The van der Waals surface area contributed by atoms with Gasteiger partial charge in [0.05, 0.1) is 10.8 Å². The molecule has 1 N–H and O–H groups in total. The normalized spacial score (nSPS) is 20.1. The number of nitrogens with zero attached hydrogens (tertiary/aromatic N) is 2. The largest absolute Gasteiger partial charge is 0.349 e. The van der Waals surface area contributed by atoms with Gasteiger partial charge in [-0.2, -0.15) is 0 Å². The quantitative estimate of drug-likeness (QED) is 0.819. The number of rotatable bonds is 4. The molecule has 0 bridgehead atoms. The van der Waals surface area contributed by atoms with E-state index in [0.717, 1.165) is 30.6 Å². The highest BCUT2D eigenvalue weighted by molar-refractivity contribution is 7.12. The highest BCUT2D eigenvalue weighted by Crippen LogP contribution is 2.23. The van der Waals surface area contributed by atoms with Crippen molar-refractivity contribution in [2.45, 2.75) is 31.7 Å². The Morgan fingerprint density at radius 3 is 2.37 bits per heavy atom. The Bertz CT molecular complexity index is 876. The number of nitrogens with one attached hydrogen (secondary N) is 1. The van der Waals surface area contributed by atoms with E-state index in [1.54, 1.807) is 12.1 Å². The van der Waals surface area contributed by atoms with Crippen molar-refractivity contribution in [3.05, 3.63) is 58.3 Å². The van der Waals surface area contributed by atoms with Crippen molar-refractivity contribution in [1.82, 2.24) is 15.1 Å². The second-order valence-electron chi connectivity index (χ2n) is 8.01. The highest BCUT2D eigenvalue weighted by atomic mass is 32.1. The number of likely N-dealkylation sites (tertiary alicyclic amines) is 2. The van der Waals surface area contributed by atoms with E-state index in [1.165, 1.54) is 11.3 Å². The SMILES string of the molecule is O=C(NC1CCN(C(=O)[C@@H]2CCCN(C(=O)c3cccs3)C2)CC1)c1ccccc1. The van der Waals surface area contributed by atoms with Gasteiger partial charge in [-0.15, -0.1) is 11.3 Å². The van der Waals surface area contributed by atoms with E-state index in [-0.39, 0.29) is 29.7 Å². The maximum Gasteiger partial charge on any atom is 0.263 e. The molecule has 2 saturated heterocycles. The molecule has 3 amide bonds. The van der Waals surface area contributed by atoms with Crippen molar-refractivity contribution in [3.8, 4) is 0 Å². The van der Waals surface area contributed by atoms with Crippen LogP contribution >= 0.6 is 11.3 Å². The topological polar surface area (TPSA) is 69.7 Å². The van der Waals surface area contributed by atoms with Crippen LogP contribution in [-0.4, -0.2) is 59.7 Å². The van der Waals surface area contributed by atoms with E-state index < -0.39 is 0 Å². The van der Waals surface area contributed by atoms with Crippen LogP contribution in [0.5, 0.6) is 0 Å². The Labute approximate surface area is 180 Å². The van der Waals surface area contributed by atoms with Gasteiger partial charge in [-0.3, -0.25) is 14.4 Å². The Hall–Kier alpha value is -2.67. The molecule has 2 aromatic rings. The minimum absolute atomic E-state index is 0.0323. The number of benzene rings is 1. The maximum absolute atomic E-state index is 13.1. The minimum atomic E-state index is -0.127. The average molecular weight is 426 g/mol. The first-order chi connectivity index (χ1) is 14.6. The molecule has 7 heteroatoms. The third kappa shape index (κ3) is 4.73. The smallest absolute Gasteiger partial charge is 0.263 e. The predicted molar refractivity (Wildman–Crippen MR) is 116 cm³/mol. The zero-order valence-electron chi connectivity index (χ0n) is 17.0. The summed E-state index contributed by atoms with van der Waals surface area (Å²) in [5, 5.41) is 4.99. The van der Waals surface area contributed by atoms with Crippen molar-refractivity contribution >= 4 is 29.1 Å². The molecule has 0 saturated carbocycles. The van der Waals surface area contributed by atoms with Gasteiger partial charge < -0.3 is 15.1 Å². The maximum atomic E-state index is 13.1. The molecule has 1 aromatic carbocycles. The van der Waals surface area contributed by atoms with Crippen LogP contribution in [0.3, 0.4) is 0 Å². The summed E-state index contributed by atoms with van der Waals surface area (Å²) in [5.74, 6) is -0.00939. The zero-order valence-corrected chi connectivity index (χ0v) is 17.8. The standard InChI is InChI=1S/C23H27N3O3S/c27-21(17-6-2-1-3-7-17)24-19-10-13-25(14-11-19)22(28)18-8-4-12-26(16-18)23(29)20-9-5-15-30-20/h1-3,5-7,9,15,18-19H,4,8,10-14,16H2,(H,24,27)/t18-/m1/s1. The number of thiophene rings is 1. The van der Waals surface area contributed by atoms with E-state index in [0.29, 0.717) is 31.7 Å². The van der Waals surface area contributed by atoms with Crippen LogP contribution in [0.25, 0.3) is 0 Å². The van der Waals surface area contributed by atoms with Gasteiger partial charge >= 0.3 is 0 Å². The Kier molecular flexibility index (Phi) is 6.47. The van der Waals surface area contributed by atoms with Crippen LogP contribution in [0, 0.1) is 5.92 Å². The van der Waals surface area contributed by atoms with E-state index >= 15 is 0 Å². The summed E-state index contributed by atoms with van der Waals surface area (Å²) in [4.78, 5) is 42.5. The van der Waals surface area contributed by atoms with Gasteiger partial charge in [0.25, 0.3) is 11.8 Å². The van der Waals surface area contributed by atoms with Gasteiger partial charge in [-0.1, -0.05) is 24.3 Å². The Balaban J connectivity index is 1.27. The Morgan fingerprint density at radius 2 is 1.67 bits per heavy atom. The van der Waals surface area contributed by atoms with Crippen molar-refractivity contribution in [3.63, 3.8) is 0 Å². The Morgan fingerprint density at radius 1 is 0.900 bits per heavy atom. The molecule has 1 atom stereocenters. The summed E-state index contributed by atoms with van der Waals surface area (Å²) in [6.45, 7) is 2.51. The molecule has 0 radical (unpaired) electrons. The molecule has 1 aromatic heterocycles. The van der Waals surface area contributed by atoms with Crippen LogP contribution in [0.4, 0.5) is 0 Å². The van der Waals surface area contributed by atoms with Gasteiger partial charge in [0.15, 0.2) is 0 Å². The number of hydrogen-bond acceptors (Lipinski definition) is 4. The summed E-state index contributed by atoms with van der Waals surface area (Å²) in [6, 6.07) is 13.0. The molecule has 0 aliphatic carbocycles. The lowest BCUT2D eigenvalue weighted by Crippen LogP contribution is -2.51. The molecule has 2 aliphatic heterocycles. The van der Waals surface area contributed by atoms with E-state index in [2.05, 4.69) is 5.32 Å². The van der Waals surface area contributed by atoms with Gasteiger partial charge in [0, 0.05) is 37.8 Å². The third-order valence-corrected chi connectivity index (χ3v) is 6.83. The molecule has 30 heavy (non-hydrogen) atoms. The molecule has 4 rings (SSSR count). The lowest BCUT2D eigenvalue weighted by molar-refractivity contribution is -0.138. The van der Waals surface area contributed by atoms with Gasteiger partial charge in [0.1, 0.15) is 0 Å². The van der Waals surface area contributed by atoms with Crippen LogP contribution in [0.15, 0.2) is 47.8 Å². The van der Waals surface area contributed by atoms with Crippen molar-refractivity contribution in [2.75, 3.05) is 26.2 Å². The molecule has 6 nitrogen and oxygen atoms in total. The van der Waals surface area contributed by atoms with Gasteiger partial charge in [0.2, 0.25) is 5.91 Å². The molecule has 158 valence electrons. The summed E-state index contributed by atoms with van der Waals surface area (Å²) in [5.41, 5.74) is 0.661. The fraction of sp³-hybridized carbons (Fsp3) is 0.435. The lowest BCUT2D eigenvalue weighted by Gasteiger charge is -2.38. The van der Waals surface area contributed by atoms with Crippen LogP contribution in [0.2, 0.25) is 0 Å². The van der Waals surface area contributed by atoms with E-state index in [1.807, 2.05) is 45.5 Å². The number of amides is 3. The van der Waals surface area contributed by atoms with Crippen LogP contribution < -0.4 is 5.32 Å². The molecular formula is C23H27N3O3S. The van der Waals surface area contributed by atoms with Crippen LogP contribution in [0.1, 0.15) is 45.7 Å². The molecule has 2 aliphatic rings. The zero-order chi connectivity index (χ0) is 20.9. The third-order valence-electron chi connectivity index (χ3n) is 5.97. The summed E-state index contributed by atoms with van der Waals surface area (Å²) in [7, 11) is 0. The number of piperidine rings is 2. The van der Waals surface area contributed by atoms with Gasteiger partial charge in [-0.25, -0.2) is 0 Å². The van der Waals surface area contributed by atoms with Crippen molar-refractivity contribution in [2.24, 2.45) is 5.92 Å². The fourth-order valence-corrected chi connectivity index (χ4v) is 4.97. The first kappa shape index (κ1) is 20.6. The highest BCUT2D eigenvalue weighted by Gasteiger charge is 2.33. The average Bonchev–Trinajstić information content (AvgIpc) is 3.34. The second-order valence-corrected chi connectivity index (χ2v) is 8.95. The first-order valence-electron chi connectivity index (χ1n) is 10.6. The molecular weight excluding hydrogens is 398 g/mol. The number of hydrogen-bond donors (Lipinski definition) is 1.